The highest BCUT2D eigenvalue weighted by Gasteiger charge is 2.28. The van der Waals surface area contributed by atoms with Crippen LogP contribution in [0.2, 0.25) is 0 Å². The van der Waals surface area contributed by atoms with Crippen LogP contribution in [0.15, 0.2) is 59.5 Å². The number of benzene rings is 2. The van der Waals surface area contributed by atoms with Crippen molar-refractivity contribution in [3.63, 3.8) is 0 Å². The molecule has 0 saturated heterocycles. The Hall–Kier alpha value is -2.78. The van der Waals surface area contributed by atoms with Crippen LogP contribution in [0.25, 0.3) is 0 Å². The SMILES string of the molecule is CCC(C(=O)NC)N(Cc1ccc(F)cc1)C(=O)CCCN(C)S(=O)(=O)c1ccccc1. The highest BCUT2D eigenvalue weighted by molar-refractivity contribution is 7.89. The Morgan fingerprint density at radius 1 is 1.06 bits per heavy atom. The van der Waals surface area contributed by atoms with Gasteiger partial charge in [0.25, 0.3) is 0 Å². The fourth-order valence-electron chi connectivity index (χ4n) is 3.36. The van der Waals surface area contributed by atoms with Crippen molar-refractivity contribution in [1.82, 2.24) is 14.5 Å². The zero-order valence-electron chi connectivity index (χ0n) is 18.6. The van der Waals surface area contributed by atoms with E-state index in [2.05, 4.69) is 5.32 Å². The molecule has 1 atom stereocenters. The van der Waals surface area contributed by atoms with Crippen LogP contribution in [0, 0.1) is 5.82 Å². The van der Waals surface area contributed by atoms with Crippen molar-refractivity contribution in [2.45, 2.75) is 43.7 Å². The molecule has 2 aromatic carbocycles. The van der Waals surface area contributed by atoms with Gasteiger partial charge in [0.15, 0.2) is 0 Å². The number of hydrogen-bond donors (Lipinski definition) is 1. The Kier molecular flexibility index (Phi) is 9.34. The molecule has 32 heavy (non-hydrogen) atoms. The van der Waals surface area contributed by atoms with E-state index < -0.39 is 16.1 Å². The lowest BCUT2D eigenvalue weighted by molar-refractivity contribution is -0.141. The molecule has 7 nitrogen and oxygen atoms in total. The van der Waals surface area contributed by atoms with Crippen molar-refractivity contribution in [2.75, 3.05) is 20.6 Å². The van der Waals surface area contributed by atoms with Gasteiger partial charge in [-0.3, -0.25) is 9.59 Å². The molecule has 9 heteroatoms. The molecule has 0 aliphatic heterocycles. The fourth-order valence-corrected chi connectivity index (χ4v) is 4.59. The lowest BCUT2D eigenvalue weighted by Crippen LogP contribution is -2.48. The minimum atomic E-state index is -3.64. The number of likely N-dealkylation sites (N-methyl/N-ethyl adjacent to an activating group) is 1. The molecule has 2 rings (SSSR count). The number of nitrogens with one attached hydrogen (secondary N) is 1. The van der Waals surface area contributed by atoms with Crippen molar-refractivity contribution in [3.05, 3.63) is 66.0 Å². The summed E-state index contributed by atoms with van der Waals surface area (Å²) in [5.74, 6) is -0.936. The van der Waals surface area contributed by atoms with Crippen LogP contribution < -0.4 is 5.32 Å². The van der Waals surface area contributed by atoms with Crippen LogP contribution in [0.5, 0.6) is 0 Å². The lowest BCUT2D eigenvalue weighted by atomic mass is 10.1. The van der Waals surface area contributed by atoms with Gasteiger partial charge in [0.1, 0.15) is 11.9 Å². The van der Waals surface area contributed by atoms with E-state index in [1.165, 1.54) is 47.6 Å². The van der Waals surface area contributed by atoms with Crippen LogP contribution in [0.1, 0.15) is 31.7 Å². The molecule has 0 spiro atoms. The van der Waals surface area contributed by atoms with E-state index in [9.17, 15) is 22.4 Å². The van der Waals surface area contributed by atoms with E-state index >= 15 is 0 Å². The number of sulfonamides is 1. The smallest absolute Gasteiger partial charge is 0.242 e. The monoisotopic (exact) mass is 463 g/mol. The largest absolute Gasteiger partial charge is 0.357 e. The van der Waals surface area contributed by atoms with Crippen LogP contribution in [0.4, 0.5) is 4.39 Å². The average molecular weight is 464 g/mol. The van der Waals surface area contributed by atoms with E-state index in [1.54, 1.807) is 30.3 Å². The fraction of sp³-hybridized carbons (Fsp3) is 0.391. The lowest BCUT2D eigenvalue weighted by Gasteiger charge is -2.30. The number of halogens is 1. The average Bonchev–Trinajstić information content (AvgIpc) is 2.80. The van der Waals surface area contributed by atoms with Gasteiger partial charge in [-0.15, -0.1) is 0 Å². The molecule has 0 bridgehead atoms. The van der Waals surface area contributed by atoms with Crippen LogP contribution in [-0.4, -0.2) is 56.1 Å². The summed E-state index contributed by atoms with van der Waals surface area (Å²) in [4.78, 5) is 27.1. The molecule has 174 valence electrons. The van der Waals surface area contributed by atoms with E-state index in [0.717, 1.165) is 0 Å². The van der Waals surface area contributed by atoms with Crippen molar-refractivity contribution >= 4 is 21.8 Å². The zero-order valence-corrected chi connectivity index (χ0v) is 19.4. The quantitative estimate of drug-likeness (QED) is 0.555. The number of nitrogens with zero attached hydrogens (tertiary/aromatic N) is 2. The first-order chi connectivity index (χ1) is 15.2. The first-order valence-corrected chi connectivity index (χ1v) is 11.9. The van der Waals surface area contributed by atoms with Gasteiger partial charge in [0.05, 0.1) is 4.90 Å². The van der Waals surface area contributed by atoms with Crippen molar-refractivity contribution in [1.29, 1.82) is 0 Å². The highest BCUT2D eigenvalue weighted by atomic mass is 32.2. The molecule has 0 fully saturated rings. The van der Waals surface area contributed by atoms with Gasteiger partial charge in [-0.05, 0) is 42.7 Å². The predicted octanol–water partition coefficient (Wildman–Crippen LogP) is 2.78. The number of carbonyl (C=O) groups is 2. The second-order valence-electron chi connectivity index (χ2n) is 7.43. The zero-order chi connectivity index (χ0) is 23.7. The Morgan fingerprint density at radius 3 is 2.25 bits per heavy atom. The Labute approximate surface area is 189 Å². The van der Waals surface area contributed by atoms with E-state index in [0.29, 0.717) is 18.4 Å². The van der Waals surface area contributed by atoms with Gasteiger partial charge in [0.2, 0.25) is 21.8 Å². The second kappa shape index (κ2) is 11.7. The van der Waals surface area contributed by atoms with Crippen LogP contribution in [-0.2, 0) is 26.2 Å². The van der Waals surface area contributed by atoms with E-state index in [-0.39, 0.29) is 42.0 Å². The first-order valence-electron chi connectivity index (χ1n) is 10.5. The van der Waals surface area contributed by atoms with Gasteiger partial charge in [-0.25, -0.2) is 17.1 Å². The minimum absolute atomic E-state index is 0.0728. The van der Waals surface area contributed by atoms with Crippen molar-refractivity contribution in [2.24, 2.45) is 0 Å². The van der Waals surface area contributed by atoms with Crippen molar-refractivity contribution in [3.8, 4) is 0 Å². The molecular weight excluding hydrogens is 433 g/mol. The molecule has 0 aliphatic rings. The third-order valence-electron chi connectivity index (χ3n) is 5.21. The topological polar surface area (TPSA) is 86.8 Å². The predicted molar refractivity (Wildman–Crippen MR) is 121 cm³/mol. The summed E-state index contributed by atoms with van der Waals surface area (Å²) in [5.41, 5.74) is 0.700. The number of hydrogen-bond acceptors (Lipinski definition) is 4. The van der Waals surface area contributed by atoms with Gasteiger partial charge < -0.3 is 10.2 Å². The van der Waals surface area contributed by atoms with Gasteiger partial charge in [0, 0.05) is 33.6 Å². The Balaban J connectivity index is 2.08. The Morgan fingerprint density at radius 2 is 1.69 bits per heavy atom. The van der Waals surface area contributed by atoms with Gasteiger partial charge >= 0.3 is 0 Å². The summed E-state index contributed by atoms with van der Waals surface area (Å²) in [7, 11) is -0.656. The molecule has 2 amide bonds. The van der Waals surface area contributed by atoms with Gasteiger partial charge in [-0.1, -0.05) is 37.3 Å². The molecule has 2 aromatic rings. The molecular formula is C23H30FN3O4S. The molecule has 0 aliphatic carbocycles. The molecule has 0 radical (unpaired) electrons. The first kappa shape index (κ1) is 25.5. The summed E-state index contributed by atoms with van der Waals surface area (Å²) in [6, 6.07) is 13.2. The maximum atomic E-state index is 13.3. The number of carbonyl (C=O) groups excluding carboxylic acids is 2. The summed E-state index contributed by atoms with van der Waals surface area (Å²) in [6.07, 6.45) is 0.781. The second-order valence-corrected chi connectivity index (χ2v) is 9.47. The van der Waals surface area contributed by atoms with Crippen molar-refractivity contribution < 1.29 is 22.4 Å². The summed E-state index contributed by atoms with van der Waals surface area (Å²) in [5, 5.41) is 2.58. The standard InChI is InChI=1S/C23H30FN3O4S/c1-4-21(23(29)25-2)27(17-18-12-14-19(24)15-13-18)22(28)11-8-16-26(3)32(30,31)20-9-6-5-7-10-20/h5-7,9-10,12-15,21H,4,8,11,16-17H2,1-3H3,(H,25,29). The number of rotatable bonds is 11. The summed E-state index contributed by atoms with van der Waals surface area (Å²) >= 11 is 0. The normalized spacial score (nSPS) is 12.4. The van der Waals surface area contributed by atoms with Crippen LogP contribution >= 0.6 is 0 Å². The maximum absolute atomic E-state index is 13.3. The highest BCUT2D eigenvalue weighted by Crippen LogP contribution is 2.17. The third-order valence-corrected chi connectivity index (χ3v) is 7.08. The molecule has 0 saturated carbocycles. The number of amides is 2. The molecule has 1 N–H and O–H groups in total. The van der Waals surface area contributed by atoms with E-state index in [1.807, 2.05) is 6.92 Å². The van der Waals surface area contributed by atoms with Crippen LogP contribution in [0.3, 0.4) is 0 Å². The maximum Gasteiger partial charge on any atom is 0.242 e. The van der Waals surface area contributed by atoms with E-state index in [4.69, 9.17) is 0 Å². The molecule has 1 unspecified atom stereocenters. The van der Waals surface area contributed by atoms with Gasteiger partial charge in [-0.2, -0.15) is 0 Å². The summed E-state index contributed by atoms with van der Waals surface area (Å²) in [6.45, 7) is 2.12. The minimum Gasteiger partial charge on any atom is -0.357 e. The Bertz CT molecular complexity index is 998. The summed E-state index contributed by atoms with van der Waals surface area (Å²) < 4.78 is 39.8. The third kappa shape index (κ3) is 6.61. The molecule has 0 heterocycles. The molecule has 0 aromatic heterocycles.